The minimum Gasteiger partial charge on any atom is -0.497 e. The van der Waals surface area contributed by atoms with Gasteiger partial charge in [-0.25, -0.2) is 9.48 Å². The molecule has 1 aromatic heterocycles. The van der Waals surface area contributed by atoms with E-state index in [-0.39, 0.29) is 17.5 Å². The van der Waals surface area contributed by atoms with Crippen molar-refractivity contribution in [3.63, 3.8) is 0 Å². The van der Waals surface area contributed by atoms with Crippen LogP contribution in [0.1, 0.15) is 29.8 Å². The Balaban J connectivity index is 1.57. The molecule has 1 aliphatic carbocycles. The fraction of sp³-hybridized carbons (Fsp3) is 0.421. The van der Waals surface area contributed by atoms with Crippen LogP contribution in [0.25, 0.3) is 5.69 Å². The summed E-state index contributed by atoms with van der Waals surface area (Å²) in [6.07, 6.45) is 4.64. The lowest BCUT2D eigenvalue weighted by molar-refractivity contribution is -0.142. The number of carbonyl (C=O) groups is 2. The first-order valence-corrected chi connectivity index (χ1v) is 8.82. The number of likely N-dealkylation sites (tertiary alicyclic amines) is 1. The standard InChI is InChI=1S/C19H21N3O4/c1-26-14-7-5-13(6-8-14)22-10-9-16(20-22)18(23)21-11-12-3-2-4-15(12)17(21)19(24)25/h5-10,12,15,17H,2-4,11H2,1H3,(H,24,25). The normalized spacial score (nSPS) is 24.5. The molecule has 0 radical (unpaired) electrons. The zero-order chi connectivity index (χ0) is 18.3. The lowest BCUT2D eigenvalue weighted by Gasteiger charge is -2.23. The molecule has 4 rings (SSSR count). The molecule has 7 heteroatoms. The maximum Gasteiger partial charge on any atom is 0.326 e. The van der Waals surface area contributed by atoms with E-state index in [1.54, 1.807) is 24.1 Å². The average molecular weight is 355 g/mol. The second kappa shape index (κ2) is 6.48. The van der Waals surface area contributed by atoms with Crippen LogP contribution in [-0.4, -0.2) is 51.4 Å². The maximum absolute atomic E-state index is 12.9. The third kappa shape index (κ3) is 2.73. The fourth-order valence-corrected chi connectivity index (χ4v) is 4.29. The van der Waals surface area contributed by atoms with Gasteiger partial charge in [0.2, 0.25) is 0 Å². The number of ether oxygens (including phenoxy) is 1. The van der Waals surface area contributed by atoms with E-state index in [2.05, 4.69) is 5.10 Å². The number of aromatic nitrogens is 2. The molecule has 7 nitrogen and oxygen atoms in total. The van der Waals surface area contributed by atoms with Crippen molar-refractivity contribution in [2.45, 2.75) is 25.3 Å². The quantitative estimate of drug-likeness (QED) is 0.909. The summed E-state index contributed by atoms with van der Waals surface area (Å²) >= 11 is 0. The van der Waals surface area contributed by atoms with E-state index in [0.717, 1.165) is 30.7 Å². The summed E-state index contributed by atoms with van der Waals surface area (Å²) in [7, 11) is 1.60. The van der Waals surface area contributed by atoms with E-state index in [1.165, 1.54) is 4.90 Å². The first kappa shape index (κ1) is 16.6. The molecule has 1 saturated carbocycles. The van der Waals surface area contributed by atoms with Gasteiger partial charge in [0.05, 0.1) is 12.8 Å². The number of carboxylic acid groups (broad SMARTS) is 1. The Bertz CT molecular complexity index is 830. The molecule has 0 spiro atoms. The van der Waals surface area contributed by atoms with Crippen LogP contribution in [0.2, 0.25) is 0 Å². The highest BCUT2D eigenvalue weighted by molar-refractivity contribution is 5.95. The highest BCUT2D eigenvalue weighted by atomic mass is 16.5. The fourth-order valence-electron chi connectivity index (χ4n) is 4.29. The molecule has 3 unspecified atom stereocenters. The summed E-state index contributed by atoms with van der Waals surface area (Å²) in [6, 6.07) is 8.24. The highest BCUT2D eigenvalue weighted by Gasteiger charge is 2.49. The summed E-state index contributed by atoms with van der Waals surface area (Å²) in [6.45, 7) is 0.510. The van der Waals surface area contributed by atoms with Gasteiger partial charge < -0.3 is 14.7 Å². The minimum absolute atomic E-state index is 0.0696. The van der Waals surface area contributed by atoms with Gasteiger partial charge in [0, 0.05) is 12.7 Å². The number of benzene rings is 1. The molecular weight excluding hydrogens is 334 g/mol. The first-order valence-electron chi connectivity index (χ1n) is 8.82. The van der Waals surface area contributed by atoms with Gasteiger partial charge >= 0.3 is 5.97 Å². The summed E-state index contributed by atoms with van der Waals surface area (Å²) in [5, 5.41) is 14.0. The molecule has 1 saturated heterocycles. The Hall–Kier alpha value is -2.83. The van der Waals surface area contributed by atoms with Crippen molar-refractivity contribution in [2.75, 3.05) is 13.7 Å². The lowest BCUT2D eigenvalue weighted by Crippen LogP contribution is -2.43. The minimum atomic E-state index is -0.915. The lowest BCUT2D eigenvalue weighted by atomic mass is 9.94. The van der Waals surface area contributed by atoms with Crippen molar-refractivity contribution in [3.05, 3.63) is 42.2 Å². The van der Waals surface area contributed by atoms with Crippen molar-refractivity contribution in [1.29, 1.82) is 0 Å². The van der Waals surface area contributed by atoms with Gasteiger partial charge in [-0.2, -0.15) is 5.10 Å². The van der Waals surface area contributed by atoms with Crippen LogP contribution in [0.15, 0.2) is 36.5 Å². The molecule has 0 bridgehead atoms. The van der Waals surface area contributed by atoms with Crippen LogP contribution in [0, 0.1) is 11.8 Å². The van der Waals surface area contributed by atoms with Crippen LogP contribution in [0.4, 0.5) is 0 Å². The van der Waals surface area contributed by atoms with E-state index in [4.69, 9.17) is 4.74 Å². The molecular formula is C19H21N3O4. The van der Waals surface area contributed by atoms with E-state index in [9.17, 15) is 14.7 Å². The Kier molecular flexibility index (Phi) is 4.14. The van der Waals surface area contributed by atoms with Gasteiger partial charge in [0.25, 0.3) is 5.91 Å². The third-order valence-electron chi connectivity index (χ3n) is 5.55. The van der Waals surface area contributed by atoms with Gasteiger partial charge in [-0.05, 0) is 55.0 Å². The SMILES string of the molecule is COc1ccc(-n2ccc(C(=O)N3CC4CCCC4C3C(=O)O)n2)cc1. The Morgan fingerprint density at radius 3 is 2.65 bits per heavy atom. The smallest absolute Gasteiger partial charge is 0.326 e. The monoisotopic (exact) mass is 355 g/mol. The topological polar surface area (TPSA) is 84.7 Å². The predicted octanol–water partition coefficient (Wildman–Crippen LogP) is 2.21. The van der Waals surface area contributed by atoms with Gasteiger partial charge in [0.1, 0.15) is 11.8 Å². The summed E-state index contributed by atoms with van der Waals surface area (Å²) in [5.41, 5.74) is 1.07. The number of aliphatic carboxylic acids is 1. The number of carboxylic acids is 1. The highest BCUT2D eigenvalue weighted by Crippen LogP contribution is 2.42. The van der Waals surface area contributed by atoms with E-state index in [1.807, 2.05) is 24.3 Å². The number of rotatable bonds is 4. The van der Waals surface area contributed by atoms with E-state index >= 15 is 0 Å². The number of hydrogen-bond acceptors (Lipinski definition) is 4. The summed E-state index contributed by atoms with van der Waals surface area (Å²) in [4.78, 5) is 26.1. The number of amides is 1. The molecule has 26 heavy (non-hydrogen) atoms. The second-order valence-electron chi connectivity index (χ2n) is 6.94. The van der Waals surface area contributed by atoms with Crippen LogP contribution < -0.4 is 4.74 Å². The van der Waals surface area contributed by atoms with Gasteiger partial charge in [0.15, 0.2) is 5.69 Å². The van der Waals surface area contributed by atoms with Gasteiger partial charge in [-0.1, -0.05) is 6.42 Å². The second-order valence-corrected chi connectivity index (χ2v) is 6.94. The third-order valence-corrected chi connectivity index (χ3v) is 5.55. The molecule has 2 aliphatic rings. The molecule has 2 fully saturated rings. The Morgan fingerprint density at radius 1 is 1.19 bits per heavy atom. The molecule has 136 valence electrons. The molecule has 1 amide bonds. The van der Waals surface area contributed by atoms with Crippen molar-refractivity contribution in [3.8, 4) is 11.4 Å². The van der Waals surface area contributed by atoms with Crippen LogP contribution in [-0.2, 0) is 4.79 Å². The number of carbonyl (C=O) groups excluding carboxylic acids is 1. The van der Waals surface area contributed by atoms with E-state index < -0.39 is 12.0 Å². The summed E-state index contributed by atoms with van der Waals surface area (Å²) < 4.78 is 6.75. The number of methoxy groups -OCH3 is 1. The zero-order valence-corrected chi connectivity index (χ0v) is 14.5. The molecule has 1 aromatic carbocycles. The maximum atomic E-state index is 12.9. The number of hydrogen-bond donors (Lipinski definition) is 1. The van der Waals surface area contributed by atoms with Crippen LogP contribution >= 0.6 is 0 Å². The van der Waals surface area contributed by atoms with E-state index in [0.29, 0.717) is 12.5 Å². The van der Waals surface area contributed by atoms with Crippen molar-refractivity contribution in [1.82, 2.24) is 14.7 Å². The Labute approximate surface area is 151 Å². The average Bonchev–Trinajstić information content (AvgIpc) is 3.36. The molecule has 2 aromatic rings. The Morgan fingerprint density at radius 2 is 1.96 bits per heavy atom. The number of fused-ring (bicyclic) bond motifs is 1. The van der Waals surface area contributed by atoms with Crippen molar-refractivity contribution >= 4 is 11.9 Å². The van der Waals surface area contributed by atoms with Gasteiger partial charge in [-0.3, -0.25) is 4.79 Å². The number of nitrogens with zero attached hydrogens (tertiary/aromatic N) is 3. The molecule has 2 heterocycles. The molecule has 1 N–H and O–H groups in total. The predicted molar refractivity (Wildman–Crippen MR) is 93.4 cm³/mol. The van der Waals surface area contributed by atoms with Crippen molar-refractivity contribution < 1.29 is 19.4 Å². The molecule has 1 aliphatic heterocycles. The van der Waals surface area contributed by atoms with Crippen LogP contribution in [0.5, 0.6) is 5.75 Å². The zero-order valence-electron chi connectivity index (χ0n) is 14.5. The summed E-state index contributed by atoms with van der Waals surface area (Å²) in [5.74, 6) is -0.115. The molecule has 3 atom stereocenters. The van der Waals surface area contributed by atoms with Crippen LogP contribution in [0.3, 0.4) is 0 Å². The largest absolute Gasteiger partial charge is 0.497 e. The van der Waals surface area contributed by atoms with Gasteiger partial charge in [-0.15, -0.1) is 0 Å². The first-order chi connectivity index (χ1) is 12.6. The van der Waals surface area contributed by atoms with Crippen molar-refractivity contribution in [2.24, 2.45) is 11.8 Å².